The zero-order valence-corrected chi connectivity index (χ0v) is 13.5. The highest BCUT2D eigenvalue weighted by atomic mass is 79.9. The maximum Gasteiger partial charge on any atom is 0.209 e. The lowest BCUT2D eigenvalue weighted by Gasteiger charge is -2.25. The first kappa shape index (κ1) is 16.6. The van der Waals surface area contributed by atoms with Gasteiger partial charge in [-0.2, -0.15) is 0 Å². The van der Waals surface area contributed by atoms with E-state index in [4.69, 9.17) is 0 Å². The Morgan fingerprint density at radius 1 is 1.37 bits per heavy atom. The molecule has 2 N–H and O–H groups in total. The molecular formula is C12H18BrFN2O2S. The molecule has 0 spiro atoms. The van der Waals surface area contributed by atoms with E-state index < -0.39 is 15.6 Å². The summed E-state index contributed by atoms with van der Waals surface area (Å²) in [6, 6.07) is 4.77. The standard InChI is InChI=1S/C12H18BrFN2O2S/c1-12(2,16-19(3,17)18)8-15-7-9-4-5-11(14)10(13)6-9/h4-6,15-16H,7-8H2,1-3H3. The van der Waals surface area contributed by atoms with Gasteiger partial charge in [0.2, 0.25) is 10.0 Å². The maximum absolute atomic E-state index is 13.1. The monoisotopic (exact) mass is 352 g/mol. The summed E-state index contributed by atoms with van der Waals surface area (Å²) < 4.78 is 38.4. The Morgan fingerprint density at radius 3 is 2.53 bits per heavy atom. The number of hydrogen-bond donors (Lipinski definition) is 2. The van der Waals surface area contributed by atoms with Gasteiger partial charge in [-0.15, -0.1) is 0 Å². The number of hydrogen-bond acceptors (Lipinski definition) is 3. The van der Waals surface area contributed by atoms with E-state index in [-0.39, 0.29) is 5.82 Å². The van der Waals surface area contributed by atoms with Crippen molar-refractivity contribution in [1.29, 1.82) is 0 Å². The van der Waals surface area contributed by atoms with Gasteiger partial charge >= 0.3 is 0 Å². The lowest BCUT2D eigenvalue weighted by Crippen LogP contribution is -2.49. The summed E-state index contributed by atoms with van der Waals surface area (Å²) in [5.74, 6) is -0.303. The number of rotatable bonds is 6. The number of benzene rings is 1. The largest absolute Gasteiger partial charge is 0.311 e. The minimum Gasteiger partial charge on any atom is -0.311 e. The first-order chi connectivity index (χ1) is 8.59. The van der Waals surface area contributed by atoms with Gasteiger partial charge in [0.1, 0.15) is 5.82 Å². The van der Waals surface area contributed by atoms with E-state index in [1.165, 1.54) is 6.07 Å². The molecule has 0 saturated carbocycles. The maximum atomic E-state index is 13.1. The predicted molar refractivity (Wildman–Crippen MR) is 77.9 cm³/mol. The molecule has 7 heteroatoms. The van der Waals surface area contributed by atoms with Crippen LogP contribution >= 0.6 is 15.9 Å². The van der Waals surface area contributed by atoms with E-state index in [0.29, 0.717) is 17.6 Å². The van der Waals surface area contributed by atoms with E-state index >= 15 is 0 Å². The summed E-state index contributed by atoms with van der Waals surface area (Å²) in [5.41, 5.74) is 0.341. The fourth-order valence-corrected chi connectivity index (χ4v) is 3.21. The fourth-order valence-electron chi connectivity index (χ4n) is 1.71. The van der Waals surface area contributed by atoms with Crippen LogP contribution in [0.15, 0.2) is 22.7 Å². The van der Waals surface area contributed by atoms with Crippen LogP contribution in [0, 0.1) is 5.82 Å². The predicted octanol–water partition coefficient (Wildman–Crippen LogP) is 2.01. The number of sulfonamides is 1. The van der Waals surface area contributed by atoms with Gasteiger partial charge in [-0.05, 0) is 47.5 Å². The molecule has 0 heterocycles. The molecule has 0 fully saturated rings. The van der Waals surface area contributed by atoms with Crippen LogP contribution in [0.2, 0.25) is 0 Å². The molecule has 0 radical (unpaired) electrons. The molecule has 1 aromatic rings. The average molecular weight is 353 g/mol. The molecule has 0 unspecified atom stereocenters. The van der Waals surface area contributed by atoms with Crippen LogP contribution in [0.5, 0.6) is 0 Å². The van der Waals surface area contributed by atoms with E-state index in [1.54, 1.807) is 26.0 Å². The first-order valence-electron chi connectivity index (χ1n) is 5.73. The van der Waals surface area contributed by atoms with Crippen molar-refractivity contribution in [3.05, 3.63) is 34.1 Å². The molecule has 0 aliphatic rings. The summed E-state index contributed by atoms with van der Waals surface area (Å²) in [5, 5.41) is 3.14. The molecule has 1 aromatic carbocycles. The normalized spacial score (nSPS) is 12.7. The molecule has 0 aliphatic heterocycles. The second-order valence-electron chi connectivity index (χ2n) is 5.11. The van der Waals surface area contributed by atoms with Gasteiger partial charge < -0.3 is 5.32 Å². The fraction of sp³-hybridized carbons (Fsp3) is 0.500. The van der Waals surface area contributed by atoms with Gasteiger partial charge in [-0.3, -0.25) is 0 Å². The van der Waals surface area contributed by atoms with Crippen molar-refractivity contribution in [2.45, 2.75) is 25.9 Å². The SMILES string of the molecule is CC(C)(CNCc1ccc(F)c(Br)c1)NS(C)(=O)=O. The molecule has 108 valence electrons. The van der Waals surface area contributed by atoms with E-state index in [1.807, 2.05) is 0 Å². The number of halogens is 2. The quantitative estimate of drug-likeness (QED) is 0.823. The molecular weight excluding hydrogens is 335 g/mol. The van der Waals surface area contributed by atoms with E-state index in [2.05, 4.69) is 26.0 Å². The lowest BCUT2D eigenvalue weighted by molar-refractivity contribution is 0.421. The summed E-state index contributed by atoms with van der Waals surface area (Å²) >= 11 is 3.12. The smallest absolute Gasteiger partial charge is 0.209 e. The molecule has 0 atom stereocenters. The lowest BCUT2D eigenvalue weighted by atomic mass is 10.1. The van der Waals surface area contributed by atoms with Crippen LogP contribution in [0.1, 0.15) is 19.4 Å². The highest BCUT2D eigenvalue weighted by Crippen LogP contribution is 2.16. The van der Waals surface area contributed by atoms with Gasteiger partial charge in [0.25, 0.3) is 0 Å². The van der Waals surface area contributed by atoms with Crippen molar-refractivity contribution in [1.82, 2.24) is 10.0 Å². The zero-order valence-electron chi connectivity index (χ0n) is 11.1. The van der Waals surface area contributed by atoms with Gasteiger partial charge in [-0.1, -0.05) is 6.07 Å². The zero-order chi connectivity index (χ0) is 14.7. The van der Waals surface area contributed by atoms with Crippen LogP contribution in [-0.4, -0.2) is 26.8 Å². The van der Waals surface area contributed by atoms with Crippen molar-refractivity contribution >= 4 is 26.0 Å². The highest BCUT2D eigenvalue weighted by molar-refractivity contribution is 9.10. The third-order valence-corrected chi connectivity index (χ3v) is 3.87. The Hall–Kier alpha value is -0.500. The molecule has 0 bridgehead atoms. The first-order valence-corrected chi connectivity index (χ1v) is 8.41. The van der Waals surface area contributed by atoms with E-state index in [0.717, 1.165) is 11.8 Å². The van der Waals surface area contributed by atoms with Crippen LogP contribution in [-0.2, 0) is 16.6 Å². The van der Waals surface area contributed by atoms with Crippen molar-refractivity contribution < 1.29 is 12.8 Å². The van der Waals surface area contributed by atoms with Crippen LogP contribution in [0.3, 0.4) is 0 Å². The van der Waals surface area contributed by atoms with Gasteiger partial charge in [0.15, 0.2) is 0 Å². The Kier molecular flexibility index (Phi) is 5.49. The second kappa shape index (κ2) is 6.30. The van der Waals surface area contributed by atoms with Crippen LogP contribution < -0.4 is 10.0 Å². The molecule has 0 aromatic heterocycles. The third-order valence-electron chi connectivity index (χ3n) is 2.34. The molecule has 4 nitrogen and oxygen atoms in total. The summed E-state index contributed by atoms with van der Waals surface area (Å²) in [6.07, 6.45) is 1.13. The number of nitrogens with one attached hydrogen (secondary N) is 2. The van der Waals surface area contributed by atoms with Crippen molar-refractivity contribution in [3.8, 4) is 0 Å². The highest BCUT2D eigenvalue weighted by Gasteiger charge is 2.21. The minimum atomic E-state index is -3.24. The minimum absolute atomic E-state index is 0.303. The van der Waals surface area contributed by atoms with Crippen molar-refractivity contribution in [2.24, 2.45) is 0 Å². The van der Waals surface area contributed by atoms with Crippen molar-refractivity contribution in [3.63, 3.8) is 0 Å². The molecule has 19 heavy (non-hydrogen) atoms. The molecule has 0 aliphatic carbocycles. The molecule has 0 amide bonds. The molecule has 1 rings (SSSR count). The second-order valence-corrected chi connectivity index (χ2v) is 7.71. The third kappa shape index (κ3) is 6.47. The van der Waals surface area contributed by atoms with Gasteiger partial charge in [0.05, 0.1) is 10.7 Å². The molecule has 0 saturated heterocycles. The topological polar surface area (TPSA) is 58.2 Å². The Labute approximate surface area is 122 Å². The van der Waals surface area contributed by atoms with Gasteiger partial charge in [-0.25, -0.2) is 17.5 Å². The summed E-state index contributed by atoms with van der Waals surface area (Å²) in [7, 11) is -3.24. The van der Waals surface area contributed by atoms with Gasteiger partial charge in [0, 0.05) is 18.6 Å². The summed E-state index contributed by atoms with van der Waals surface area (Å²) in [4.78, 5) is 0. The Balaban J connectivity index is 2.51. The van der Waals surface area contributed by atoms with Crippen LogP contribution in [0.4, 0.5) is 4.39 Å². The Bertz CT molecular complexity index is 547. The average Bonchev–Trinajstić information content (AvgIpc) is 2.19. The van der Waals surface area contributed by atoms with Crippen molar-refractivity contribution in [2.75, 3.05) is 12.8 Å². The van der Waals surface area contributed by atoms with Crippen LogP contribution in [0.25, 0.3) is 0 Å². The van der Waals surface area contributed by atoms with E-state index in [9.17, 15) is 12.8 Å². The summed E-state index contributed by atoms with van der Waals surface area (Å²) in [6.45, 7) is 4.59. The Morgan fingerprint density at radius 2 is 2.00 bits per heavy atom.